The zero-order valence-corrected chi connectivity index (χ0v) is 15.0. The molecule has 1 aliphatic heterocycles. The number of aromatic nitrogens is 3. The van der Waals surface area contributed by atoms with E-state index in [1.165, 1.54) is 18.9 Å². The fourth-order valence-electron chi connectivity index (χ4n) is 3.03. The molecule has 27 heavy (non-hydrogen) atoms. The number of rotatable bonds is 4. The molecule has 1 aliphatic rings. The first kappa shape index (κ1) is 17.0. The van der Waals surface area contributed by atoms with Crippen LogP contribution in [-0.2, 0) is 0 Å². The quantitative estimate of drug-likeness (QED) is 0.761. The van der Waals surface area contributed by atoms with Crippen molar-refractivity contribution in [1.29, 1.82) is 0 Å². The maximum absolute atomic E-state index is 12.4. The molecule has 1 amide bonds. The van der Waals surface area contributed by atoms with Crippen LogP contribution in [-0.4, -0.2) is 51.9 Å². The third-order valence-corrected chi connectivity index (χ3v) is 4.48. The molecule has 0 spiro atoms. The topological polar surface area (TPSA) is 87.4 Å². The largest absolute Gasteiger partial charge is 0.472 e. The Labute approximate surface area is 156 Å². The fraction of sp³-hybridized carbons (Fsp3) is 0.263. The molecule has 8 heteroatoms. The predicted molar refractivity (Wildman–Crippen MR) is 101 cm³/mol. The summed E-state index contributed by atoms with van der Waals surface area (Å²) < 4.78 is 5.00. The second kappa shape index (κ2) is 7.45. The van der Waals surface area contributed by atoms with Crippen molar-refractivity contribution < 1.29 is 9.21 Å². The Morgan fingerprint density at radius 3 is 2.63 bits per heavy atom. The normalized spacial score (nSPS) is 14.3. The van der Waals surface area contributed by atoms with Gasteiger partial charge in [0.25, 0.3) is 5.91 Å². The summed E-state index contributed by atoms with van der Waals surface area (Å²) in [5.74, 6) is 2.26. The van der Waals surface area contributed by atoms with Crippen molar-refractivity contribution in [2.75, 3.05) is 36.4 Å². The zero-order valence-electron chi connectivity index (χ0n) is 15.0. The van der Waals surface area contributed by atoms with E-state index in [9.17, 15) is 4.79 Å². The molecule has 3 aromatic heterocycles. The van der Waals surface area contributed by atoms with Crippen molar-refractivity contribution >= 4 is 23.4 Å². The molecule has 138 valence electrons. The molecule has 8 nitrogen and oxygen atoms in total. The van der Waals surface area contributed by atoms with Gasteiger partial charge < -0.3 is 19.5 Å². The summed E-state index contributed by atoms with van der Waals surface area (Å²) >= 11 is 0. The molecule has 0 aromatic carbocycles. The van der Waals surface area contributed by atoms with Crippen LogP contribution in [0, 0.1) is 6.92 Å². The van der Waals surface area contributed by atoms with Gasteiger partial charge >= 0.3 is 0 Å². The minimum atomic E-state index is -0.000958. The lowest BCUT2D eigenvalue weighted by Gasteiger charge is -2.35. The van der Waals surface area contributed by atoms with Crippen molar-refractivity contribution in [2.24, 2.45) is 0 Å². The van der Waals surface area contributed by atoms with E-state index in [0.717, 1.165) is 17.2 Å². The van der Waals surface area contributed by atoms with Crippen LogP contribution in [0.15, 0.2) is 53.7 Å². The average molecular weight is 364 g/mol. The van der Waals surface area contributed by atoms with Crippen LogP contribution in [0.5, 0.6) is 0 Å². The first-order valence-electron chi connectivity index (χ1n) is 8.77. The number of hydrogen-bond acceptors (Lipinski definition) is 7. The average Bonchev–Trinajstić information content (AvgIpc) is 3.23. The van der Waals surface area contributed by atoms with Gasteiger partial charge in [0.2, 0.25) is 0 Å². The molecule has 0 aliphatic carbocycles. The van der Waals surface area contributed by atoms with Crippen LogP contribution >= 0.6 is 0 Å². The molecule has 1 fully saturated rings. The maximum Gasteiger partial charge on any atom is 0.257 e. The van der Waals surface area contributed by atoms with Gasteiger partial charge in [-0.3, -0.25) is 4.79 Å². The minimum Gasteiger partial charge on any atom is -0.472 e. The molecule has 4 heterocycles. The van der Waals surface area contributed by atoms with Crippen molar-refractivity contribution in [3.05, 3.63) is 60.4 Å². The minimum absolute atomic E-state index is 0.000958. The number of amides is 1. The van der Waals surface area contributed by atoms with Gasteiger partial charge in [-0.1, -0.05) is 0 Å². The molecular weight excluding hydrogens is 344 g/mol. The Morgan fingerprint density at radius 1 is 1.07 bits per heavy atom. The van der Waals surface area contributed by atoms with Crippen LogP contribution in [0.3, 0.4) is 0 Å². The molecule has 3 aromatic rings. The highest BCUT2D eigenvalue weighted by Crippen LogP contribution is 2.19. The van der Waals surface area contributed by atoms with Crippen LogP contribution in [0.4, 0.5) is 17.5 Å². The van der Waals surface area contributed by atoms with Gasteiger partial charge in [-0.25, -0.2) is 15.0 Å². The molecule has 0 atom stereocenters. The number of anilines is 3. The SMILES string of the molecule is Cc1ccnc(Nc2cc(N3CCN(C(=O)c4ccoc4)CC3)ncn2)c1. The lowest BCUT2D eigenvalue weighted by molar-refractivity contribution is 0.0746. The van der Waals surface area contributed by atoms with Gasteiger partial charge in [-0.15, -0.1) is 0 Å². The Morgan fingerprint density at radius 2 is 1.89 bits per heavy atom. The van der Waals surface area contributed by atoms with Crippen molar-refractivity contribution in [1.82, 2.24) is 19.9 Å². The van der Waals surface area contributed by atoms with Crippen LogP contribution in [0.25, 0.3) is 0 Å². The molecule has 0 bridgehead atoms. The Kier molecular flexibility index (Phi) is 4.69. The number of piperazine rings is 1. The monoisotopic (exact) mass is 364 g/mol. The van der Waals surface area contributed by atoms with E-state index in [-0.39, 0.29) is 5.91 Å². The Bertz CT molecular complexity index is 919. The molecule has 1 saturated heterocycles. The fourth-order valence-corrected chi connectivity index (χ4v) is 3.03. The zero-order chi connectivity index (χ0) is 18.6. The first-order chi connectivity index (χ1) is 13.2. The van der Waals surface area contributed by atoms with Gasteiger partial charge in [-0.05, 0) is 30.7 Å². The summed E-state index contributed by atoms with van der Waals surface area (Å²) in [5.41, 5.74) is 1.71. The number of aryl methyl sites for hydroxylation is 1. The van der Waals surface area contributed by atoms with Gasteiger partial charge in [0, 0.05) is 38.4 Å². The summed E-state index contributed by atoms with van der Waals surface area (Å²) in [6.45, 7) is 4.71. The summed E-state index contributed by atoms with van der Waals surface area (Å²) in [4.78, 5) is 29.3. The van der Waals surface area contributed by atoms with E-state index >= 15 is 0 Å². The van der Waals surface area contributed by atoms with E-state index in [1.54, 1.807) is 12.3 Å². The van der Waals surface area contributed by atoms with Crippen molar-refractivity contribution in [3.63, 3.8) is 0 Å². The summed E-state index contributed by atoms with van der Waals surface area (Å²) in [5, 5.41) is 3.21. The lowest BCUT2D eigenvalue weighted by Crippen LogP contribution is -2.49. The highest BCUT2D eigenvalue weighted by Gasteiger charge is 2.23. The van der Waals surface area contributed by atoms with E-state index in [0.29, 0.717) is 37.6 Å². The molecule has 0 unspecified atom stereocenters. The van der Waals surface area contributed by atoms with Crippen LogP contribution in [0.1, 0.15) is 15.9 Å². The second-order valence-electron chi connectivity index (χ2n) is 6.40. The van der Waals surface area contributed by atoms with Gasteiger partial charge in [0.1, 0.15) is 30.0 Å². The first-order valence-corrected chi connectivity index (χ1v) is 8.77. The highest BCUT2D eigenvalue weighted by atomic mass is 16.3. The molecule has 0 saturated carbocycles. The molecular formula is C19H20N6O2. The van der Waals surface area contributed by atoms with Gasteiger partial charge in [0.05, 0.1) is 11.8 Å². The number of hydrogen-bond donors (Lipinski definition) is 1. The van der Waals surface area contributed by atoms with E-state index in [1.807, 2.05) is 30.0 Å². The number of pyridine rings is 1. The standard InChI is InChI=1S/C19H20N6O2/c1-14-2-4-20-16(10-14)23-17-11-18(22-13-21-17)24-5-7-25(8-6-24)19(26)15-3-9-27-12-15/h2-4,9-13H,5-8H2,1H3,(H,20,21,22,23). The van der Waals surface area contributed by atoms with Crippen LogP contribution in [0.2, 0.25) is 0 Å². The number of carbonyl (C=O) groups is 1. The summed E-state index contributed by atoms with van der Waals surface area (Å²) in [6, 6.07) is 7.50. The Balaban J connectivity index is 1.40. The molecule has 4 rings (SSSR count). The highest BCUT2D eigenvalue weighted by molar-refractivity contribution is 5.94. The number of carbonyl (C=O) groups excluding carboxylic acids is 1. The predicted octanol–water partition coefficient (Wildman–Crippen LogP) is 2.48. The summed E-state index contributed by atoms with van der Waals surface area (Å²) in [7, 11) is 0. The smallest absolute Gasteiger partial charge is 0.257 e. The number of nitrogens with one attached hydrogen (secondary N) is 1. The molecule has 1 N–H and O–H groups in total. The van der Waals surface area contributed by atoms with Crippen LogP contribution < -0.4 is 10.2 Å². The molecule has 0 radical (unpaired) electrons. The third-order valence-electron chi connectivity index (χ3n) is 4.48. The lowest BCUT2D eigenvalue weighted by atomic mass is 10.2. The summed E-state index contributed by atoms with van der Waals surface area (Å²) in [6.07, 6.45) is 6.30. The third kappa shape index (κ3) is 3.89. The van der Waals surface area contributed by atoms with E-state index in [4.69, 9.17) is 4.42 Å². The van der Waals surface area contributed by atoms with E-state index in [2.05, 4.69) is 25.2 Å². The van der Waals surface area contributed by atoms with Gasteiger partial charge in [0.15, 0.2) is 0 Å². The Hall–Kier alpha value is -3.42. The van der Waals surface area contributed by atoms with Crippen molar-refractivity contribution in [2.45, 2.75) is 6.92 Å². The maximum atomic E-state index is 12.4. The van der Waals surface area contributed by atoms with E-state index < -0.39 is 0 Å². The number of furan rings is 1. The van der Waals surface area contributed by atoms with Crippen molar-refractivity contribution in [3.8, 4) is 0 Å². The second-order valence-corrected chi connectivity index (χ2v) is 6.40. The van der Waals surface area contributed by atoms with Gasteiger partial charge in [-0.2, -0.15) is 0 Å². The number of nitrogens with zero attached hydrogens (tertiary/aromatic N) is 5.